The second-order valence-electron chi connectivity index (χ2n) is 6.45. The Morgan fingerprint density at radius 1 is 1.29 bits per heavy atom. The van der Waals surface area contributed by atoms with Gasteiger partial charge in [0.05, 0.1) is 12.6 Å². The molecule has 0 aromatic rings. The number of piperidine rings is 1. The summed E-state index contributed by atoms with van der Waals surface area (Å²) in [7, 11) is -1.65. The fraction of sp³-hybridized carbons (Fsp3) is 1.00. The molecule has 2 heterocycles. The third-order valence-corrected chi connectivity index (χ3v) is 6.54. The average molecular weight is 319 g/mol. The van der Waals surface area contributed by atoms with E-state index in [1.165, 1.54) is 4.31 Å². The van der Waals surface area contributed by atoms with Crippen LogP contribution in [0.1, 0.15) is 33.1 Å². The van der Waals surface area contributed by atoms with Crippen LogP contribution in [0.25, 0.3) is 0 Å². The van der Waals surface area contributed by atoms with Gasteiger partial charge in [-0.2, -0.15) is 17.0 Å². The van der Waals surface area contributed by atoms with Crippen molar-refractivity contribution in [2.75, 3.05) is 39.9 Å². The van der Waals surface area contributed by atoms with Crippen LogP contribution in [0, 0.1) is 5.92 Å². The highest BCUT2D eigenvalue weighted by Gasteiger charge is 2.35. The number of rotatable bonds is 6. The molecular formula is C14H29N3O3S. The molecule has 0 radical (unpaired) electrons. The van der Waals surface area contributed by atoms with Gasteiger partial charge in [0, 0.05) is 32.8 Å². The van der Waals surface area contributed by atoms with E-state index in [1.807, 2.05) is 0 Å². The summed E-state index contributed by atoms with van der Waals surface area (Å²) >= 11 is 0. The van der Waals surface area contributed by atoms with Crippen molar-refractivity contribution in [2.24, 2.45) is 5.92 Å². The zero-order valence-corrected chi connectivity index (χ0v) is 14.2. The zero-order chi connectivity index (χ0) is 15.5. The molecule has 0 aromatic carbocycles. The molecule has 7 heteroatoms. The largest absolute Gasteiger partial charge is 0.380 e. The minimum atomic E-state index is -3.33. The van der Waals surface area contributed by atoms with E-state index in [2.05, 4.69) is 19.2 Å². The summed E-state index contributed by atoms with van der Waals surface area (Å²) in [5, 5.41) is 3.44. The maximum absolute atomic E-state index is 12.6. The average Bonchev–Trinajstić information content (AvgIpc) is 2.98. The number of likely N-dealkylation sites (N-methyl/N-ethyl adjacent to an activating group) is 1. The Hall–Kier alpha value is -0.210. The van der Waals surface area contributed by atoms with Gasteiger partial charge in [-0.05, 0) is 31.7 Å². The van der Waals surface area contributed by atoms with E-state index in [4.69, 9.17) is 4.74 Å². The third kappa shape index (κ3) is 4.39. The summed E-state index contributed by atoms with van der Waals surface area (Å²) in [5.74, 6) is 0.582. The molecule has 2 aliphatic rings. The van der Waals surface area contributed by atoms with Crippen LogP contribution in [0.3, 0.4) is 0 Å². The van der Waals surface area contributed by atoms with Gasteiger partial charge in [-0.3, -0.25) is 0 Å². The second-order valence-corrected chi connectivity index (χ2v) is 8.43. The molecule has 2 rings (SSSR count). The summed E-state index contributed by atoms with van der Waals surface area (Å²) in [6.07, 6.45) is 2.67. The molecule has 0 spiro atoms. The van der Waals surface area contributed by atoms with E-state index >= 15 is 0 Å². The molecule has 0 bridgehead atoms. The van der Waals surface area contributed by atoms with Crippen LogP contribution in [0.15, 0.2) is 0 Å². The lowest BCUT2D eigenvalue weighted by atomic mass is 9.98. The Balaban J connectivity index is 1.85. The summed E-state index contributed by atoms with van der Waals surface area (Å²) in [6, 6.07) is 0.482. The highest BCUT2D eigenvalue weighted by atomic mass is 32.2. The Morgan fingerprint density at radius 2 is 1.95 bits per heavy atom. The molecule has 0 saturated carbocycles. The van der Waals surface area contributed by atoms with Crippen LogP contribution in [0.2, 0.25) is 0 Å². The normalized spacial score (nSPS) is 26.0. The predicted molar refractivity (Wildman–Crippen MR) is 83.3 cm³/mol. The lowest BCUT2D eigenvalue weighted by Gasteiger charge is -2.35. The van der Waals surface area contributed by atoms with Crippen molar-refractivity contribution in [1.82, 2.24) is 13.9 Å². The number of ether oxygens (including phenoxy) is 1. The first kappa shape index (κ1) is 17.1. The Kier molecular flexibility index (Phi) is 6.02. The monoisotopic (exact) mass is 319 g/mol. The van der Waals surface area contributed by atoms with E-state index in [-0.39, 0.29) is 6.04 Å². The predicted octanol–water partition coefficient (Wildman–Crippen LogP) is 0.662. The summed E-state index contributed by atoms with van der Waals surface area (Å²) in [6.45, 7) is 7.70. The second kappa shape index (κ2) is 7.37. The van der Waals surface area contributed by atoms with Crippen LogP contribution in [0.4, 0.5) is 0 Å². The first-order valence-corrected chi connectivity index (χ1v) is 9.35. The van der Waals surface area contributed by atoms with Crippen LogP contribution >= 0.6 is 0 Å². The zero-order valence-electron chi connectivity index (χ0n) is 13.4. The van der Waals surface area contributed by atoms with Gasteiger partial charge >= 0.3 is 0 Å². The summed E-state index contributed by atoms with van der Waals surface area (Å²) < 4.78 is 33.7. The standard InChI is InChI=1S/C14H29N3O3S/c1-12(2)15-10-13-4-7-17(8-5-13)21(18,19)16(3)14-6-9-20-11-14/h12-15H,4-11H2,1-3H3. The lowest BCUT2D eigenvalue weighted by Crippen LogP contribution is -2.50. The van der Waals surface area contributed by atoms with E-state index < -0.39 is 10.2 Å². The van der Waals surface area contributed by atoms with Crippen molar-refractivity contribution in [3.05, 3.63) is 0 Å². The molecule has 0 aliphatic carbocycles. The molecule has 6 nitrogen and oxygen atoms in total. The number of nitrogens with zero attached hydrogens (tertiary/aromatic N) is 2. The van der Waals surface area contributed by atoms with Crippen molar-refractivity contribution < 1.29 is 13.2 Å². The van der Waals surface area contributed by atoms with E-state index in [1.54, 1.807) is 11.4 Å². The molecule has 2 aliphatic heterocycles. The third-order valence-electron chi connectivity index (χ3n) is 4.50. The smallest absolute Gasteiger partial charge is 0.282 e. The molecule has 21 heavy (non-hydrogen) atoms. The van der Waals surface area contributed by atoms with Gasteiger partial charge in [0.1, 0.15) is 0 Å². The number of nitrogens with one attached hydrogen (secondary N) is 1. The van der Waals surface area contributed by atoms with Gasteiger partial charge in [-0.15, -0.1) is 0 Å². The number of hydrogen-bond acceptors (Lipinski definition) is 4. The van der Waals surface area contributed by atoms with Crippen LogP contribution < -0.4 is 5.32 Å². The molecule has 2 fully saturated rings. The Morgan fingerprint density at radius 3 is 2.48 bits per heavy atom. The van der Waals surface area contributed by atoms with Gasteiger partial charge in [-0.25, -0.2) is 0 Å². The molecule has 1 atom stereocenters. The first-order valence-electron chi connectivity index (χ1n) is 7.95. The van der Waals surface area contributed by atoms with Gasteiger partial charge in [0.15, 0.2) is 0 Å². The minimum Gasteiger partial charge on any atom is -0.380 e. The Bertz CT molecular complexity index is 413. The minimum absolute atomic E-state index is 0.00432. The van der Waals surface area contributed by atoms with Crippen LogP contribution in [-0.4, -0.2) is 69.0 Å². The van der Waals surface area contributed by atoms with Crippen molar-refractivity contribution in [3.63, 3.8) is 0 Å². The topological polar surface area (TPSA) is 61.9 Å². The van der Waals surface area contributed by atoms with Crippen molar-refractivity contribution in [2.45, 2.75) is 45.2 Å². The maximum Gasteiger partial charge on any atom is 0.282 e. The molecule has 124 valence electrons. The first-order chi connectivity index (χ1) is 9.91. The van der Waals surface area contributed by atoms with Crippen LogP contribution in [-0.2, 0) is 14.9 Å². The van der Waals surface area contributed by atoms with Gasteiger partial charge in [0.2, 0.25) is 0 Å². The van der Waals surface area contributed by atoms with Gasteiger partial charge < -0.3 is 10.1 Å². The lowest BCUT2D eigenvalue weighted by molar-refractivity contribution is 0.177. The Labute approximate surface area is 129 Å². The molecule has 1 N–H and O–H groups in total. The van der Waals surface area contributed by atoms with Crippen molar-refractivity contribution >= 4 is 10.2 Å². The van der Waals surface area contributed by atoms with Crippen molar-refractivity contribution in [1.29, 1.82) is 0 Å². The highest BCUT2D eigenvalue weighted by Crippen LogP contribution is 2.23. The van der Waals surface area contributed by atoms with Crippen molar-refractivity contribution in [3.8, 4) is 0 Å². The van der Waals surface area contributed by atoms with Gasteiger partial charge in [-0.1, -0.05) is 13.8 Å². The molecular weight excluding hydrogens is 290 g/mol. The summed E-state index contributed by atoms with van der Waals surface area (Å²) in [4.78, 5) is 0. The number of hydrogen-bond donors (Lipinski definition) is 1. The van der Waals surface area contributed by atoms with E-state index in [0.29, 0.717) is 38.3 Å². The summed E-state index contributed by atoms with van der Waals surface area (Å²) in [5.41, 5.74) is 0. The van der Waals surface area contributed by atoms with Gasteiger partial charge in [0.25, 0.3) is 10.2 Å². The SMILES string of the molecule is CC(C)NCC1CCN(S(=O)(=O)N(C)C2CCOC2)CC1. The molecule has 0 amide bonds. The molecule has 0 aromatic heterocycles. The fourth-order valence-corrected chi connectivity index (χ4v) is 4.51. The van der Waals surface area contributed by atoms with E-state index in [9.17, 15) is 8.42 Å². The van der Waals surface area contributed by atoms with E-state index in [0.717, 1.165) is 25.8 Å². The molecule has 1 unspecified atom stereocenters. The maximum atomic E-state index is 12.6. The molecule has 2 saturated heterocycles. The fourth-order valence-electron chi connectivity index (χ4n) is 2.93. The highest BCUT2D eigenvalue weighted by molar-refractivity contribution is 7.86. The van der Waals surface area contributed by atoms with Crippen LogP contribution in [0.5, 0.6) is 0 Å². The quantitative estimate of drug-likeness (QED) is 0.781.